The van der Waals surface area contributed by atoms with Crippen LogP contribution in [0.5, 0.6) is 0 Å². The summed E-state index contributed by atoms with van der Waals surface area (Å²) in [6.07, 6.45) is 12.6. The van der Waals surface area contributed by atoms with Crippen LogP contribution in [0, 0.1) is 6.92 Å². The second kappa shape index (κ2) is 6.46. The maximum atomic E-state index is 2.62. The van der Waals surface area contributed by atoms with E-state index in [0.717, 1.165) is 13.0 Å². The second-order valence-electron chi connectivity index (χ2n) is 8.00. The number of hydrogen-bond donors (Lipinski definition) is 0. The van der Waals surface area contributed by atoms with E-state index < -0.39 is 0 Å². The molecule has 0 saturated heterocycles. The molecule has 0 unspecified atom stereocenters. The minimum Gasteiger partial charge on any atom is -0.340 e. The number of allylic oxidation sites excluding steroid dienone is 1. The van der Waals surface area contributed by atoms with Crippen molar-refractivity contribution in [1.82, 2.24) is 4.57 Å². The molecule has 1 nitrogen and oxygen atoms in total. The lowest BCUT2D eigenvalue weighted by Gasteiger charge is -2.25. The number of fused-ring (bicyclic) bond motifs is 5. The van der Waals surface area contributed by atoms with Crippen molar-refractivity contribution in [2.45, 2.75) is 57.9 Å². The quantitative estimate of drug-likeness (QED) is 0.445. The normalized spacial score (nSPS) is 18.8. The van der Waals surface area contributed by atoms with Crippen LogP contribution in [-0.2, 0) is 6.54 Å². The minimum absolute atomic E-state index is 0.709. The lowest BCUT2D eigenvalue weighted by molar-refractivity contribution is 0.445. The first kappa shape index (κ1) is 15.9. The Labute approximate surface area is 156 Å². The Hall–Kier alpha value is -2.28. The van der Waals surface area contributed by atoms with Crippen LogP contribution < -0.4 is 0 Å². The van der Waals surface area contributed by atoms with Crippen molar-refractivity contribution in [2.24, 2.45) is 0 Å². The average molecular weight is 341 g/mol. The number of para-hydroxylation sites is 1. The van der Waals surface area contributed by atoms with Gasteiger partial charge in [-0.2, -0.15) is 0 Å². The highest BCUT2D eigenvalue weighted by Crippen LogP contribution is 2.46. The summed E-state index contributed by atoms with van der Waals surface area (Å²) in [6.45, 7) is 3.35. The van der Waals surface area contributed by atoms with Gasteiger partial charge in [-0.15, -0.1) is 0 Å². The van der Waals surface area contributed by atoms with Gasteiger partial charge in [0.05, 0.1) is 5.69 Å². The summed E-state index contributed by atoms with van der Waals surface area (Å²) in [5.74, 6) is 0.709. The molecule has 1 saturated carbocycles. The van der Waals surface area contributed by atoms with E-state index in [9.17, 15) is 0 Å². The predicted molar refractivity (Wildman–Crippen MR) is 112 cm³/mol. The number of hydrogen-bond acceptors (Lipinski definition) is 0. The molecule has 0 atom stereocenters. The fourth-order valence-corrected chi connectivity index (χ4v) is 5.20. The first-order valence-corrected chi connectivity index (χ1v) is 10.2. The summed E-state index contributed by atoms with van der Waals surface area (Å²) in [5, 5.41) is 1.49. The van der Waals surface area contributed by atoms with Gasteiger partial charge in [-0.3, -0.25) is 0 Å². The van der Waals surface area contributed by atoms with Gasteiger partial charge in [0.15, 0.2) is 0 Å². The van der Waals surface area contributed by atoms with Crippen LogP contribution in [0.4, 0.5) is 0 Å². The van der Waals surface area contributed by atoms with Crippen molar-refractivity contribution in [3.8, 4) is 11.3 Å². The number of aromatic nitrogens is 1. The van der Waals surface area contributed by atoms with Gasteiger partial charge in [-0.1, -0.05) is 67.8 Å². The van der Waals surface area contributed by atoms with E-state index in [1.54, 1.807) is 5.56 Å². The molecule has 0 amide bonds. The van der Waals surface area contributed by atoms with Crippen molar-refractivity contribution in [3.63, 3.8) is 0 Å². The van der Waals surface area contributed by atoms with Crippen LogP contribution in [0.3, 0.4) is 0 Å². The smallest absolute Gasteiger partial charge is 0.0535 e. The van der Waals surface area contributed by atoms with Gasteiger partial charge in [-0.05, 0) is 54.9 Å². The Kier molecular flexibility index (Phi) is 3.96. The van der Waals surface area contributed by atoms with Crippen molar-refractivity contribution in [2.75, 3.05) is 0 Å². The SMILES string of the molecule is Cc1cccc2c1-c1c(C3CCCCC3)c3ccccc3n1CC/C=C\2. The van der Waals surface area contributed by atoms with E-state index in [2.05, 4.69) is 66.1 Å². The molecule has 3 aromatic rings. The monoisotopic (exact) mass is 341 g/mol. The van der Waals surface area contributed by atoms with E-state index in [1.165, 1.54) is 65.4 Å². The first-order chi connectivity index (χ1) is 12.8. The average Bonchev–Trinajstić information content (AvgIpc) is 2.97. The molecule has 26 heavy (non-hydrogen) atoms. The van der Waals surface area contributed by atoms with Gasteiger partial charge >= 0.3 is 0 Å². The van der Waals surface area contributed by atoms with Crippen LogP contribution >= 0.6 is 0 Å². The molecule has 2 aromatic carbocycles. The molecule has 132 valence electrons. The maximum Gasteiger partial charge on any atom is 0.0535 e. The van der Waals surface area contributed by atoms with E-state index in [4.69, 9.17) is 0 Å². The van der Waals surface area contributed by atoms with Gasteiger partial charge in [0.25, 0.3) is 0 Å². The van der Waals surface area contributed by atoms with Gasteiger partial charge in [0, 0.05) is 23.0 Å². The van der Waals surface area contributed by atoms with Crippen LogP contribution in [0.2, 0.25) is 0 Å². The summed E-state index contributed by atoms with van der Waals surface area (Å²) in [5.41, 5.74) is 8.80. The Bertz CT molecular complexity index is 983. The molecule has 2 heterocycles. The van der Waals surface area contributed by atoms with Gasteiger partial charge in [-0.25, -0.2) is 0 Å². The lowest BCUT2D eigenvalue weighted by atomic mass is 9.81. The molecule has 0 radical (unpaired) electrons. The van der Waals surface area contributed by atoms with E-state index in [-0.39, 0.29) is 0 Å². The van der Waals surface area contributed by atoms with Crippen LogP contribution in [0.25, 0.3) is 28.2 Å². The van der Waals surface area contributed by atoms with Crippen molar-refractivity contribution in [3.05, 3.63) is 65.2 Å². The number of nitrogens with zero attached hydrogens (tertiary/aromatic N) is 1. The first-order valence-electron chi connectivity index (χ1n) is 10.2. The van der Waals surface area contributed by atoms with Crippen LogP contribution in [-0.4, -0.2) is 4.57 Å². The molecule has 1 aliphatic heterocycles. The highest BCUT2D eigenvalue weighted by atomic mass is 15.0. The van der Waals surface area contributed by atoms with E-state index >= 15 is 0 Å². The third-order valence-electron chi connectivity index (χ3n) is 6.38. The summed E-state index contributed by atoms with van der Waals surface area (Å²) >= 11 is 0. The summed E-state index contributed by atoms with van der Waals surface area (Å²) in [6, 6.07) is 15.9. The molecule has 0 bridgehead atoms. The molecule has 1 heteroatoms. The Morgan fingerprint density at radius 3 is 2.65 bits per heavy atom. The van der Waals surface area contributed by atoms with Crippen molar-refractivity contribution >= 4 is 17.0 Å². The highest BCUT2D eigenvalue weighted by molar-refractivity contribution is 5.95. The standard InChI is InChI=1S/C25H27N/c1-18-10-9-14-19-13-7-8-17-26-22-16-6-5-15-21(22)24(25(26)23(18)19)20-11-3-2-4-12-20/h5-7,9-10,13-16,20H,2-4,8,11-12,17H2,1H3/b13-7-. The fraction of sp³-hybridized carbons (Fsp3) is 0.360. The maximum absolute atomic E-state index is 2.62. The van der Waals surface area contributed by atoms with Gasteiger partial charge in [0.2, 0.25) is 0 Å². The van der Waals surface area contributed by atoms with Gasteiger partial charge in [0.1, 0.15) is 0 Å². The molecular weight excluding hydrogens is 314 g/mol. The third kappa shape index (κ3) is 2.45. The number of rotatable bonds is 1. The zero-order valence-corrected chi connectivity index (χ0v) is 15.7. The van der Waals surface area contributed by atoms with Crippen molar-refractivity contribution in [1.29, 1.82) is 0 Å². The molecule has 5 rings (SSSR count). The Balaban J connectivity index is 1.88. The molecule has 0 N–H and O–H groups in total. The molecule has 1 aliphatic carbocycles. The lowest BCUT2D eigenvalue weighted by Crippen LogP contribution is -2.09. The van der Waals surface area contributed by atoms with E-state index in [1.807, 2.05) is 0 Å². The third-order valence-corrected chi connectivity index (χ3v) is 6.38. The number of aryl methyl sites for hydroxylation is 2. The molecular formula is C25H27N. The van der Waals surface area contributed by atoms with Crippen LogP contribution in [0.15, 0.2) is 48.5 Å². The molecule has 1 fully saturated rings. The zero-order valence-electron chi connectivity index (χ0n) is 15.7. The fourth-order valence-electron chi connectivity index (χ4n) is 5.20. The topological polar surface area (TPSA) is 4.93 Å². The Morgan fingerprint density at radius 1 is 0.923 bits per heavy atom. The number of benzene rings is 2. The van der Waals surface area contributed by atoms with E-state index in [0.29, 0.717) is 5.92 Å². The van der Waals surface area contributed by atoms with Crippen molar-refractivity contribution < 1.29 is 0 Å². The second-order valence-corrected chi connectivity index (χ2v) is 8.00. The molecule has 2 aliphatic rings. The summed E-state index contributed by atoms with van der Waals surface area (Å²) < 4.78 is 2.62. The highest BCUT2D eigenvalue weighted by Gasteiger charge is 2.27. The predicted octanol–water partition coefficient (Wildman–Crippen LogP) is 7.08. The van der Waals surface area contributed by atoms with Crippen LogP contribution in [0.1, 0.15) is 61.1 Å². The summed E-state index contributed by atoms with van der Waals surface area (Å²) in [4.78, 5) is 0. The van der Waals surface area contributed by atoms with Gasteiger partial charge < -0.3 is 4.57 Å². The minimum atomic E-state index is 0.709. The Morgan fingerprint density at radius 2 is 1.77 bits per heavy atom. The molecule has 0 spiro atoms. The molecule has 1 aromatic heterocycles. The largest absolute Gasteiger partial charge is 0.340 e. The summed E-state index contributed by atoms with van der Waals surface area (Å²) in [7, 11) is 0. The zero-order chi connectivity index (χ0) is 17.5.